The summed E-state index contributed by atoms with van der Waals surface area (Å²) in [6.07, 6.45) is 3.02. The van der Waals surface area contributed by atoms with Gasteiger partial charge in [-0.1, -0.05) is 59.8 Å². The van der Waals surface area contributed by atoms with E-state index in [1.807, 2.05) is 43.3 Å². The van der Waals surface area contributed by atoms with E-state index in [0.717, 1.165) is 29.9 Å². The number of aromatic nitrogens is 1. The van der Waals surface area contributed by atoms with E-state index in [9.17, 15) is 4.79 Å². The Bertz CT molecular complexity index is 1070. The molecule has 4 heteroatoms. The molecular formula is C24H22N2O2. The van der Waals surface area contributed by atoms with E-state index >= 15 is 0 Å². The van der Waals surface area contributed by atoms with Crippen molar-refractivity contribution in [3.05, 3.63) is 82.6 Å². The molecule has 0 radical (unpaired) electrons. The number of nitrogens with zero attached hydrogens (tertiary/aromatic N) is 2. The van der Waals surface area contributed by atoms with E-state index in [0.29, 0.717) is 23.4 Å². The van der Waals surface area contributed by atoms with E-state index in [-0.39, 0.29) is 5.78 Å². The number of rotatable bonds is 4. The number of hydrogen-bond acceptors (Lipinski definition) is 4. The minimum absolute atomic E-state index is 0.0377. The zero-order valence-corrected chi connectivity index (χ0v) is 15.9. The molecule has 0 bridgehead atoms. The Morgan fingerprint density at radius 3 is 2.50 bits per heavy atom. The molecule has 5 rings (SSSR count). The van der Waals surface area contributed by atoms with E-state index in [1.165, 1.54) is 24.0 Å². The fourth-order valence-electron chi connectivity index (χ4n) is 4.42. The molecule has 2 aliphatic rings. The Morgan fingerprint density at radius 2 is 1.71 bits per heavy atom. The smallest absolute Gasteiger partial charge is 0.197 e. The quantitative estimate of drug-likeness (QED) is 0.613. The Labute approximate surface area is 164 Å². The summed E-state index contributed by atoms with van der Waals surface area (Å²) in [4.78, 5) is 16.2. The summed E-state index contributed by atoms with van der Waals surface area (Å²) in [6, 6.07) is 18.2. The zero-order valence-electron chi connectivity index (χ0n) is 15.9. The average Bonchev–Trinajstić information content (AvgIpc) is 3.46. The maximum absolute atomic E-state index is 13.8. The number of benzene rings is 2. The summed E-state index contributed by atoms with van der Waals surface area (Å²) in [5, 5.41) is 4.22. The van der Waals surface area contributed by atoms with Gasteiger partial charge in [-0.05, 0) is 25.3 Å². The predicted molar refractivity (Wildman–Crippen MR) is 109 cm³/mol. The van der Waals surface area contributed by atoms with Crippen molar-refractivity contribution in [3.63, 3.8) is 0 Å². The molecule has 0 atom stereocenters. The van der Waals surface area contributed by atoms with Crippen molar-refractivity contribution in [1.82, 2.24) is 10.1 Å². The van der Waals surface area contributed by atoms with Gasteiger partial charge in [0.15, 0.2) is 5.78 Å². The molecule has 1 aliphatic carbocycles. The number of ketones is 1. The Hall–Kier alpha value is -3.14. The van der Waals surface area contributed by atoms with Crippen molar-refractivity contribution in [2.24, 2.45) is 0 Å². The number of fused-ring (bicyclic) bond motifs is 1. The summed E-state index contributed by atoms with van der Waals surface area (Å²) < 4.78 is 5.46. The number of hydrogen-bond donors (Lipinski definition) is 0. The Kier molecular flexibility index (Phi) is 4.12. The van der Waals surface area contributed by atoms with Crippen LogP contribution in [-0.2, 0) is 6.42 Å². The highest BCUT2D eigenvalue weighted by Crippen LogP contribution is 2.39. The average molecular weight is 370 g/mol. The molecule has 1 fully saturated rings. The zero-order chi connectivity index (χ0) is 19.1. The topological polar surface area (TPSA) is 46.3 Å². The largest absolute Gasteiger partial charge is 0.371 e. The second-order valence-corrected chi connectivity index (χ2v) is 7.51. The van der Waals surface area contributed by atoms with Crippen LogP contribution in [0.4, 0.5) is 0 Å². The second kappa shape index (κ2) is 6.79. The van der Waals surface area contributed by atoms with Gasteiger partial charge >= 0.3 is 0 Å². The van der Waals surface area contributed by atoms with Gasteiger partial charge in [0.2, 0.25) is 0 Å². The molecule has 140 valence electrons. The maximum Gasteiger partial charge on any atom is 0.197 e. The monoisotopic (exact) mass is 370 g/mol. The highest BCUT2D eigenvalue weighted by molar-refractivity contribution is 6.17. The molecule has 0 saturated carbocycles. The van der Waals surface area contributed by atoms with Gasteiger partial charge in [-0.25, -0.2) is 0 Å². The van der Waals surface area contributed by atoms with Crippen LogP contribution in [0.15, 0.2) is 64.7 Å². The number of carbonyl (C=O) groups excluding carboxylic acids is 1. The van der Waals surface area contributed by atoms with E-state index in [2.05, 4.69) is 28.3 Å². The standard InChI is InChI=1S/C24H22N2O2/c1-16-21(22(25-28-16)17-9-3-2-4-10-17)24(27)20-15-18-11-5-6-12-19(18)23(20)26-13-7-8-14-26/h2-6,9-12H,7-8,13-15H2,1H3. The first kappa shape index (κ1) is 17.0. The van der Waals surface area contributed by atoms with Crippen LogP contribution in [0.1, 0.15) is 40.1 Å². The maximum atomic E-state index is 13.8. The first-order valence-corrected chi connectivity index (χ1v) is 9.87. The summed E-state index contributed by atoms with van der Waals surface area (Å²) >= 11 is 0. The number of likely N-dealkylation sites (tertiary alicyclic amines) is 1. The van der Waals surface area contributed by atoms with Crippen molar-refractivity contribution in [1.29, 1.82) is 0 Å². The van der Waals surface area contributed by atoms with Crippen molar-refractivity contribution >= 4 is 11.5 Å². The van der Waals surface area contributed by atoms with Crippen molar-refractivity contribution < 1.29 is 9.32 Å². The lowest BCUT2D eigenvalue weighted by Crippen LogP contribution is -2.20. The van der Waals surface area contributed by atoms with Crippen LogP contribution in [-0.4, -0.2) is 28.9 Å². The Morgan fingerprint density at radius 1 is 1.00 bits per heavy atom. The van der Waals surface area contributed by atoms with Crippen LogP contribution in [0.5, 0.6) is 0 Å². The van der Waals surface area contributed by atoms with E-state index in [1.54, 1.807) is 0 Å². The van der Waals surface area contributed by atoms with Crippen LogP contribution in [0.3, 0.4) is 0 Å². The first-order valence-electron chi connectivity index (χ1n) is 9.87. The normalized spacial score (nSPS) is 16.0. The molecule has 0 amide bonds. The fraction of sp³-hybridized carbons (Fsp3) is 0.250. The molecule has 1 aromatic heterocycles. The number of carbonyl (C=O) groups is 1. The third kappa shape index (κ3) is 2.68. The van der Waals surface area contributed by atoms with Gasteiger partial charge in [0.25, 0.3) is 0 Å². The van der Waals surface area contributed by atoms with Gasteiger partial charge < -0.3 is 9.42 Å². The van der Waals surface area contributed by atoms with Gasteiger partial charge in [-0.2, -0.15) is 0 Å². The van der Waals surface area contributed by atoms with Gasteiger partial charge in [0.05, 0.1) is 11.3 Å². The van der Waals surface area contributed by atoms with Crippen LogP contribution in [0.25, 0.3) is 17.0 Å². The highest BCUT2D eigenvalue weighted by Gasteiger charge is 2.34. The second-order valence-electron chi connectivity index (χ2n) is 7.51. The molecule has 3 aromatic rings. The third-order valence-electron chi connectivity index (χ3n) is 5.76. The van der Waals surface area contributed by atoms with Crippen LogP contribution in [0, 0.1) is 6.92 Å². The molecule has 28 heavy (non-hydrogen) atoms. The SMILES string of the molecule is Cc1onc(-c2ccccc2)c1C(=O)C1=C(N2CCCC2)c2ccccc2C1. The van der Waals surface area contributed by atoms with Crippen molar-refractivity contribution in [2.75, 3.05) is 13.1 Å². The van der Waals surface area contributed by atoms with Crippen LogP contribution >= 0.6 is 0 Å². The molecule has 4 nitrogen and oxygen atoms in total. The van der Waals surface area contributed by atoms with Gasteiger partial charge in [0, 0.05) is 36.2 Å². The van der Waals surface area contributed by atoms with Crippen molar-refractivity contribution in [2.45, 2.75) is 26.2 Å². The lowest BCUT2D eigenvalue weighted by Gasteiger charge is -2.22. The fourth-order valence-corrected chi connectivity index (χ4v) is 4.42. The summed E-state index contributed by atoms with van der Waals surface area (Å²) in [5.41, 5.74) is 6.52. The highest BCUT2D eigenvalue weighted by atomic mass is 16.5. The third-order valence-corrected chi connectivity index (χ3v) is 5.76. The molecular weight excluding hydrogens is 348 g/mol. The number of aryl methyl sites for hydroxylation is 1. The minimum atomic E-state index is 0.0377. The number of allylic oxidation sites excluding steroid dienone is 1. The molecule has 2 aromatic carbocycles. The van der Waals surface area contributed by atoms with E-state index < -0.39 is 0 Å². The Balaban J connectivity index is 1.64. The number of Topliss-reactive ketones (excluding diaryl/α,β-unsaturated/α-hetero) is 1. The summed E-state index contributed by atoms with van der Waals surface area (Å²) in [6.45, 7) is 3.84. The molecule has 0 unspecified atom stereocenters. The van der Waals surface area contributed by atoms with Crippen LogP contribution in [0.2, 0.25) is 0 Å². The van der Waals surface area contributed by atoms with Crippen molar-refractivity contribution in [3.8, 4) is 11.3 Å². The lowest BCUT2D eigenvalue weighted by molar-refractivity contribution is 0.103. The summed E-state index contributed by atoms with van der Waals surface area (Å²) in [5.74, 6) is 0.615. The van der Waals surface area contributed by atoms with E-state index in [4.69, 9.17) is 4.52 Å². The first-order chi connectivity index (χ1) is 13.7. The predicted octanol–water partition coefficient (Wildman–Crippen LogP) is 4.90. The molecule has 1 aliphatic heterocycles. The van der Waals surface area contributed by atoms with Crippen LogP contribution < -0.4 is 0 Å². The minimum Gasteiger partial charge on any atom is -0.371 e. The molecule has 0 N–H and O–H groups in total. The van der Waals surface area contributed by atoms with Gasteiger partial charge in [-0.15, -0.1) is 0 Å². The lowest BCUT2D eigenvalue weighted by atomic mass is 9.96. The summed E-state index contributed by atoms with van der Waals surface area (Å²) in [7, 11) is 0. The molecule has 1 saturated heterocycles. The van der Waals surface area contributed by atoms with Gasteiger partial charge in [0.1, 0.15) is 11.5 Å². The molecule has 0 spiro atoms. The van der Waals surface area contributed by atoms with Gasteiger partial charge in [-0.3, -0.25) is 4.79 Å². The molecule has 2 heterocycles.